The number of aryl methyl sites for hydroxylation is 1. The predicted octanol–water partition coefficient (Wildman–Crippen LogP) is 3.00. The monoisotopic (exact) mass is 221 g/mol. The molecule has 0 aliphatic rings. The van der Waals surface area contributed by atoms with Crippen molar-refractivity contribution in [3.8, 4) is 11.4 Å². The molecule has 2 aromatic heterocycles. The zero-order valence-electron chi connectivity index (χ0n) is 9.46. The van der Waals surface area contributed by atoms with Gasteiger partial charge in [0.05, 0.1) is 5.52 Å². The largest absolute Gasteiger partial charge is 0.265 e. The van der Waals surface area contributed by atoms with Gasteiger partial charge in [0.25, 0.3) is 0 Å². The smallest absolute Gasteiger partial charge is 0.160 e. The van der Waals surface area contributed by atoms with Crippen molar-refractivity contribution in [3.05, 3.63) is 54.5 Å². The van der Waals surface area contributed by atoms with Crippen molar-refractivity contribution in [2.75, 3.05) is 0 Å². The summed E-state index contributed by atoms with van der Waals surface area (Å²) in [6, 6.07) is 11.9. The molecule has 0 fully saturated rings. The highest BCUT2D eigenvalue weighted by Gasteiger charge is 2.05. The Bertz CT molecular complexity index is 663. The first-order valence-corrected chi connectivity index (χ1v) is 5.48. The number of pyridine rings is 1. The van der Waals surface area contributed by atoms with Gasteiger partial charge in [-0.15, -0.1) is 0 Å². The van der Waals surface area contributed by atoms with Gasteiger partial charge in [-0.3, -0.25) is 4.98 Å². The lowest BCUT2D eigenvalue weighted by molar-refractivity contribution is 1.15. The minimum atomic E-state index is 0.753. The molecule has 3 rings (SSSR count). The maximum atomic E-state index is 4.57. The second-order valence-corrected chi connectivity index (χ2v) is 3.89. The lowest BCUT2D eigenvalue weighted by Crippen LogP contribution is -1.93. The quantitative estimate of drug-likeness (QED) is 0.634. The highest BCUT2D eigenvalue weighted by molar-refractivity contribution is 5.82. The number of hydrogen-bond donors (Lipinski definition) is 0. The summed E-state index contributed by atoms with van der Waals surface area (Å²) in [6.07, 6.45) is 3.51. The molecule has 17 heavy (non-hydrogen) atoms. The number of benzene rings is 1. The Morgan fingerprint density at radius 1 is 0.882 bits per heavy atom. The van der Waals surface area contributed by atoms with E-state index in [1.54, 1.807) is 12.4 Å². The molecule has 3 heteroatoms. The van der Waals surface area contributed by atoms with Crippen LogP contribution >= 0.6 is 0 Å². The first-order valence-electron chi connectivity index (χ1n) is 5.48. The fourth-order valence-corrected chi connectivity index (χ4v) is 1.87. The van der Waals surface area contributed by atoms with Crippen molar-refractivity contribution in [2.45, 2.75) is 6.92 Å². The van der Waals surface area contributed by atoms with Gasteiger partial charge in [0.2, 0.25) is 0 Å². The van der Waals surface area contributed by atoms with Crippen molar-refractivity contribution in [1.29, 1.82) is 0 Å². The standard InChI is InChI=1S/C14H11N3/c1-10-12-4-2-3-5-13(12)17-14(16-10)11-6-8-15-9-7-11/h2-9H,1H3. The van der Waals surface area contributed by atoms with E-state index in [0.717, 1.165) is 28.0 Å². The average Bonchev–Trinajstić information content (AvgIpc) is 2.40. The number of aromatic nitrogens is 3. The van der Waals surface area contributed by atoms with Gasteiger partial charge in [0, 0.05) is 29.0 Å². The first-order chi connectivity index (χ1) is 8.34. The van der Waals surface area contributed by atoms with Crippen LogP contribution in [0.1, 0.15) is 5.69 Å². The molecule has 0 radical (unpaired) electrons. The molecule has 0 aliphatic heterocycles. The Kier molecular flexibility index (Phi) is 2.29. The van der Waals surface area contributed by atoms with E-state index in [2.05, 4.69) is 15.0 Å². The normalized spacial score (nSPS) is 10.6. The molecule has 0 aliphatic carbocycles. The molecule has 0 spiro atoms. The predicted molar refractivity (Wildman–Crippen MR) is 67.5 cm³/mol. The highest BCUT2D eigenvalue weighted by Crippen LogP contribution is 2.20. The van der Waals surface area contributed by atoms with Crippen LogP contribution in [-0.2, 0) is 0 Å². The van der Waals surface area contributed by atoms with Crippen LogP contribution in [0, 0.1) is 6.92 Å². The van der Waals surface area contributed by atoms with E-state index in [4.69, 9.17) is 0 Å². The average molecular weight is 221 g/mol. The van der Waals surface area contributed by atoms with Crippen LogP contribution in [-0.4, -0.2) is 15.0 Å². The fourth-order valence-electron chi connectivity index (χ4n) is 1.87. The molecule has 0 amide bonds. The van der Waals surface area contributed by atoms with Gasteiger partial charge in [0.1, 0.15) is 0 Å². The van der Waals surface area contributed by atoms with Crippen molar-refractivity contribution in [2.24, 2.45) is 0 Å². The second-order valence-electron chi connectivity index (χ2n) is 3.89. The summed E-state index contributed by atoms with van der Waals surface area (Å²) in [5.74, 6) is 0.753. The van der Waals surface area contributed by atoms with Gasteiger partial charge in [0.15, 0.2) is 5.82 Å². The molecule has 0 saturated carbocycles. The van der Waals surface area contributed by atoms with E-state index in [0.29, 0.717) is 0 Å². The van der Waals surface area contributed by atoms with Crippen LogP contribution < -0.4 is 0 Å². The molecule has 0 unspecified atom stereocenters. The van der Waals surface area contributed by atoms with Crippen LogP contribution in [0.5, 0.6) is 0 Å². The van der Waals surface area contributed by atoms with E-state index in [9.17, 15) is 0 Å². The van der Waals surface area contributed by atoms with E-state index in [1.807, 2.05) is 43.3 Å². The number of rotatable bonds is 1. The third kappa shape index (κ3) is 1.76. The summed E-state index contributed by atoms with van der Waals surface area (Å²) in [5, 5.41) is 1.10. The Balaban J connectivity index is 2.26. The topological polar surface area (TPSA) is 38.7 Å². The maximum Gasteiger partial charge on any atom is 0.160 e. The maximum absolute atomic E-state index is 4.57. The van der Waals surface area contributed by atoms with Crippen molar-refractivity contribution >= 4 is 10.9 Å². The summed E-state index contributed by atoms with van der Waals surface area (Å²) in [7, 11) is 0. The van der Waals surface area contributed by atoms with E-state index in [-0.39, 0.29) is 0 Å². The molecule has 0 saturated heterocycles. The van der Waals surface area contributed by atoms with Gasteiger partial charge in [-0.05, 0) is 25.1 Å². The van der Waals surface area contributed by atoms with Crippen molar-refractivity contribution in [1.82, 2.24) is 15.0 Å². The minimum absolute atomic E-state index is 0.753. The van der Waals surface area contributed by atoms with Crippen molar-refractivity contribution in [3.63, 3.8) is 0 Å². The van der Waals surface area contributed by atoms with Crippen LogP contribution in [0.3, 0.4) is 0 Å². The molecule has 0 N–H and O–H groups in total. The molecule has 3 nitrogen and oxygen atoms in total. The molecule has 82 valence electrons. The third-order valence-electron chi connectivity index (χ3n) is 2.73. The molecular weight excluding hydrogens is 210 g/mol. The van der Waals surface area contributed by atoms with Crippen LogP contribution in [0.15, 0.2) is 48.8 Å². The molecular formula is C14H11N3. The highest BCUT2D eigenvalue weighted by atomic mass is 14.9. The van der Waals surface area contributed by atoms with Crippen LogP contribution in [0.2, 0.25) is 0 Å². The molecule has 1 aromatic carbocycles. The second kappa shape index (κ2) is 3.94. The third-order valence-corrected chi connectivity index (χ3v) is 2.73. The Morgan fingerprint density at radius 2 is 1.65 bits per heavy atom. The van der Waals surface area contributed by atoms with Gasteiger partial charge < -0.3 is 0 Å². The lowest BCUT2D eigenvalue weighted by Gasteiger charge is -2.04. The summed E-state index contributed by atoms with van der Waals surface area (Å²) in [5.41, 5.74) is 2.98. The zero-order valence-corrected chi connectivity index (χ0v) is 9.46. The van der Waals surface area contributed by atoms with Crippen LogP contribution in [0.4, 0.5) is 0 Å². The van der Waals surface area contributed by atoms with Gasteiger partial charge in [-0.2, -0.15) is 0 Å². The summed E-state index contributed by atoms with van der Waals surface area (Å²) in [4.78, 5) is 13.1. The lowest BCUT2D eigenvalue weighted by atomic mass is 10.2. The molecule has 0 bridgehead atoms. The minimum Gasteiger partial charge on any atom is -0.265 e. The summed E-state index contributed by atoms with van der Waals surface area (Å²) >= 11 is 0. The Labute approximate surface area is 99.2 Å². The summed E-state index contributed by atoms with van der Waals surface area (Å²) < 4.78 is 0. The first kappa shape index (κ1) is 9.90. The van der Waals surface area contributed by atoms with E-state index in [1.165, 1.54) is 0 Å². The zero-order chi connectivity index (χ0) is 11.7. The van der Waals surface area contributed by atoms with Gasteiger partial charge >= 0.3 is 0 Å². The van der Waals surface area contributed by atoms with Gasteiger partial charge in [-0.1, -0.05) is 18.2 Å². The van der Waals surface area contributed by atoms with E-state index >= 15 is 0 Å². The van der Waals surface area contributed by atoms with Crippen molar-refractivity contribution < 1.29 is 0 Å². The number of para-hydroxylation sites is 1. The SMILES string of the molecule is Cc1nc(-c2ccncc2)nc2ccccc12. The summed E-state index contributed by atoms with van der Waals surface area (Å²) in [6.45, 7) is 2.01. The van der Waals surface area contributed by atoms with Crippen LogP contribution in [0.25, 0.3) is 22.3 Å². The molecule has 3 aromatic rings. The Hall–Kier alpha value is -2.29. The van der Waals surface area contributed by atoms with E-state index < -0.39 is 0 Å². The fraction of sp³-hybridized carbons (Fsp3) is 0.0714. The Morgan fingerprint density at radius 3 is 2.47 bits per heavy atom. The number of fused-ring (bicyclic) bond motifs is 1. The van der Waals surface area contributed by atoms with Gasteiger partial charge in [-0.25, -0.2) is 9.97 Å². The number of hydrogen-bond acceptors (Lipinski definition) is 3. The molecule has 0 atom stereocenters. The molecule has 2 heterocycles. The number of nitrogens with zero attached hydrogens (tertiary/aromatic N) is 3.